The van der Waals surface area contributed by atoms with Crippen LogP contribution in [-0.2, 0) is 0 Å². The lowest BCUT2D eigenvalue weighted by molar-refractivity contribution is 0.129. The van der Waals surface area contributed by atoms with E-state index in [0.717, 1.165) is 31.2 Å². The third-order valence-corrected chi connectivity index (χ3v) is 4.21. The second kappa shape index (κ2) is 4.26. The number of fused-ring (bicyclic) bond motifs is 1. The van der Waals surface area contributed by atoms with Gasteiger partial charge in [-0.05, 0) is 37.8 Å². The third kappa shape index (κ3) is 2.02. The topological polar surface area (TPSA) is 47.0 Å². The van der Waals surface area contributed by atoms with E-state index in [1.54, 1.807) is 12.4 Å². The molecule has 2 atom stereocenters. The average Bonchev–Trinajstić information content (AvgIpc) is 2.87. The Morgan fingerprint density at radius 2 is 2.29 bits per heavy atom. The Balaban J connectivity index is 1.65. The third-order valence-electron chi connectivity index (χ3n) is 4.21. The maximum absolute atomic E-state index is 5.79. The van der Waals surface area contributed by atoms with Crippen molar-refractivity contribution in [3.63, 3.8) is 0 Å². The number of nitrogens with zero attached hydrogens (tertiary/aromatic N) is 2. The van der Waals surface area contributed by atoms with Gasteiger partial charge in [-0.3, -0.25) is 0 Å². The van der Waals surface area contributed by atoms with Crippen molar-refractivity contribution in [1.82, 2.24) is 15.3 Å². The molecule has 1 saturated carbocycles. The van der Waals surface area contributed by atoms with Crippen LogP contribution < -0.4 is 10.1 Å². The van der Waals surface area contributed by atoms with Crippen molar-refractivity contribution < 1.29 is 4.74 Å². The van der Waals surface area contributed by atoms with E-state index in [9.17, 15) is 0 Å². The summed E-state index contributed by atoms with van der Waals surface area (Å²) in [4.78, 5) is 8.39. The van der Waals surface area contributed by atoms with E-state index in [1.807, 2.05) is 6.92 Å². The van der Waals surface area contributed by atoms with Crippen molar-refractivity contribution >= 4 is 0 Å². The molecule has 1 aromatic heterocycles. The molecule has 2 heterocycles. The molecule has 0 aromatic carbocycles. The number of ether oxygens (including phenoxy) is 1. The molecule has 17 heavy (non-hydrogen) atoms. The first-order valence-electron chi connectivity index (χ1n) is 6.41. The Morgan fingerprint density at radius 3 is 3.12 bits per heavy atom. The van der Waals surface area contributed by atoms with Crippen LogP contribution in [0.5, 0.6) is 6.01 Å². The Morgan fingerprint density at radius 1 is 1.47 bits per heavy atom. The number of rotatable bonds is 3. The van der Waals surface area contributed by atoms with Crippen molar-refractivity contribution in [3.05, 3.63) is 18.0 Å². The zero-order valence-electron chi connectivity index (χ0n) is 10.3. The van der Waals surface area contributed by atoms with Crippen molar-refractivity contribution in [2.45, 2.75) is 26.2 Å². The van der Waals surface area contributed by atoms with Crippen LogP contribution >= 0.6 is 0 Å². The van der Waals surface area contributed by atoms with Crippen LogP contribution in [0.3, 0.4) is 0 Å². The zero-order chi connectivity index (χ0) is 11.7. The molecule has 4 nitrogen and oxygen atoms in total. The standard InChI is InChI=1S/C13H19N3O/c1-10-5-15-12(16-6-10)17-9-13-4-2-3-11(13)7-14-8-13/h5-6,11,14H,2-4,7-9H2,1H3. The highest BCUT2D eigenvalue weighted by atomic mass is 16.5. The second-order valence-corrected chi connectivity index (χ2v) is 5.41. The number of aromatic nitrogens is 2. The predicted octanol–water partition coefficient (Wildman–Crippen LogP) is 1.55. The summed E-state index contributed by atoms with van der Waals surface area (Å²) in [6.07, 6.45) is 7.56. The lowest BCUT2D eigenvalue weighted by Crippen LogP contribution is -2.33. The fraction of sp³-hybridized carbons (Fsp3) is 0.692. The molecule has 92 valence electrons. The number of hydrogen-bond acceptors (Lipinski definition) is 4. The van der Waals surface area contributed by atoms with E-state index in [0.29, 0.717) is 11.4 Å². The first-order valence-corrected chi connectivity index (χ1v) is 6.41. The van der Waals surface area contributed by atoms with Gasteiger partial charge >= 0.3 is 6.01 Å². The molecule has 4 heteroatoms. The van der Waals surface area contributed by atoms with Gasteiger partial charge in [0.05, 0.1) is 6.61 Å². The normalized spacial score (nSPS) is 31.5. The minimum Gasteiger partial charge on any atom is -0.463 e. The van der Waals surface area contributed by atoms with E-state index in [1.165, 1.54) is 19.3 Å². The van der Waals surface area contributed by atoms with Gasteiger partial charge in [0.15, 0.2) is 0 Å². The number of aryl methyl sites for hydroxylation is 1. The Hall–Kier alpha value is -1.16. The van der Waals surface area contributed by atoms with E-state index in [4.69, 9.17) is 4.74 Å². The van der Waals surface area contributed by atoms with Crippen LogP contribution in [0, 0.1) is 18.3 Å². The molecule has 0 radical (unpaired) electrons. The van der Waals surface area contributed by atoms with E-state index in [2.05, 4.69) is 15.3 Å². The lowest BCUT2D eigenvalue weighted by atomic mass is 9.82. The van der Waals surface area contributed by atoms with Crippen LogP contribution in [0.2, 0.25) is 0 Å². The van der Waals surface area contributed by atoms with Gasteiger partial charge in [-0.25, -0.2) is 9.97 Å². The van der Waals surface area contributed by atoms with Gasteiger partial charge in [0.25, 0.3) is 0 Å². The van der Waals surface area contributed by atoms with Gasteiger partial charge in [-0.2, -0.15) is 0 Å². The minimum absolute atomic E-state index is 0.342. The van der Waals surface area contributed by atoms with Crippen LogP contribution in [-0.4, -0.2) is 29.7 Å². The Kier molecular flexibility index (Phi) is 2.74. The highest BCUT2D eigenvalue weighted by Gasteiger charge is 2.46. The highest BCUT2D eigenvalue weighted by Crippen LogP contribution is 2.45. The van der Waals surface area contributed by atoms with E-state index in [-0.39, 0.29) is 0 Å². The molecular weight excluding hydrogens is 214 g/mol. The van der Waals surface area contributed by atoms with Crippen molar-refractivity contribution in [1.29, 1.82) is 0 Å². The summed E-state index contributed by atoms with van der Waals surface area (Å²) in [5.41, 5.74) is 1.41. The van der Waals surface area contributed by atoms with Crippen molar-refractivity contribution in [3.8, 4) is 6.01 Å². The van der Waals surface area contributed by atoms with Crippen LogP contribution in [0.25, 0.3) is 0 Å². The van der Waals surface area contributed by atoms with Gasteiger partial charge in [-0.15, -0.1) is 0 Å². The Labute approximate surface area is 102 Å². The maximum Gasteiger partial charge on any atom is 0.316 e. The molecule has 0 amide bonds. The molecule has 2 unspecified atom stereocenters. The summed E-state index contributed by atoms with van der Waals surface area (Å²) in [6.45, 7) is 4.98. The first-order chi connectivity index (χ1) is 8.28. The van der Waals surface area contributed by atoms with Crippen LogP contribution in [0.1, 0.15) is 24.8 Å². The van der Waals surface area contributed by atoms with Crippen LogP contribution in [0.15, 0.2) is 12.4 Å². The summed E-state index contributed by atoms with van der Waals surface area (Å²) in [6, 6.07) is 0.516. The summed E-state index contributed by atoms with van der Waals surface area (Å²) in [5.74, 6) is 0.785. The number of hydrogen-bond donors (Lipinski definition) is 1. The van der Waals surface area contributed by atoms with Crippen molar-refractivity contribution in [2.75, 3.05) is 19.7 Å². The van der Waals surface area contributed by atoms with E-state index < -0.39 is 0 Å². The number of nitrogens with one attached hydrogen (secondary N) is 1. The second-order valence-electron chi connectivity index (χ2n) is 5.41. The summed E-state index contributed by atoms with van der Waals surface area (Å²) in [5, 5.41) is 3.49. The molecular formula is C13H19N3O. The lowest BCUT2D eigenvalue weighted by Gasteiger charge is -2.27. The molecule has 1 aliphatic carbocycles. The predicted molar refractivity (Wildman–Crippen MR) is 64.9 cm³/mol. The van der Waals surface area contributed by atoms with Gasteiger partial charge in [0, 0.05) is 24.4 Å². The molecule has 0 bridgehead atoms. The molecule has 1 aliphatic heterocycles. The smallest absolute Gasteiger partial charge is 0.316 e. The van der Waals surface area contributed by atoms with Crippen LogP contribution in [0.4, 0.5) is 0 Å². The monoisotopic (exact) mass is 233 g/mol. The molecule has 1 aromatic rings. The van der Waals surface area contributed by atoms with Gasteiger partial charge in [-0.1, -0.05) is 6.42 Å². The maximum atomic E-state index is 5.79. The molecule has 3 rings (SSSR count). The largest absolute Gasteiger partial charge is 0.463 e. The fourth-order valence-electron chi connectivity index (χ4n) is 3.16. The summed E-state index contributed by atoms with van der Waals surface area (Å²) < 4.78 is 5.79. The van der Waals surface area contributed by atoms with Gasteiger partial charge in [0.1, 0.15) is 0 Å². The first kappa shape index (κ1) is 11.0. The molecule has 2 fully saturated rings. The van der Waals surface area contributed by atoms with Gasteiger partial charge < -0.3 is 10.1 Å². The molecule has 2 aliphatic rings. The van der Waals surface area contributed by atoms with Crippen molar-refractivity contribution in [2.24, 2.45) is 11.3 Å². The quantitative estimate of drug-likeness (QED) is 0.860. The highest BCUT2D eigenvalue weighted by molar-refractivity contribution is 5.06. The zero-order valence-corrected chi connectivity index (χ0v) is 10.3. The SMILES string of the molecule is Cc1cnc(OCC23CCCC2CNC3)nc1. The minimum atomic E-state index is 0.342. The summed E-state index contributed by atoms with van der Waals surface area (Å²) >= 11 is 0. The molecule has 1 saturated heterocycles. The van der Waals surface area contributed by atoms with Gasteiger partial charge in [0.2, 0.25) is 0 Å². The van der Waals surface area contributed by atoms with E-state index >= 15 is 0 Å². The summed E-state index contributed by atoms with van der Waals surface area (Å²) in [7, 11) is 0. The molecule has 1 N–H and O–H groups in total. The Bertz CT molecular complexity index is 380. The fourth-order valence-corrected chi connectivity index (χ4v) is 3.16. The average molecular weight is 233 g/mol. The molecule has 0 spiro atoms.